The minimum atomic E-state index is -0.0656. The summed E-state index contributed by atoms with van der Waals surface area (Å²) >= 11 is 0. The number of benzene rings is 3. The van der Waals surface area contributed by atoms with E-state index in [0.717, 1.165) is 34.2 Å². The van der Waals surface area contributed by atoms with E-state index in [1.165, 1.54) is 0 Å². The first kappa shape index (κ1) is 15.7. The predicted molar refractivity (Wildman–Crippen MR) is 98.5 cm³/mol. The highest BCUT2D eigenvalue weighted by Crippen LogP contribution is 2.45. The van der Waals surface area contributed by atoms with E-state index in [-0.39, 0.29) is 11.5 Å². The van der Waals surface area contributed by atoms with Crippen molar-refractivity contribution in [3.05, 3.63) is 59.7 Å². The smallest absolute Gasteiger partial charge is 0.194 e. The number of fused-ring (bicyclic) bond motifs is 5. The lowest BCUT2D eigenvalue weighted by molar-refractivity contribution is 0.104. The van der Waals surface area contributed by atoms with Crippen molar-refractivity contribution in [3.8, 4) is 22.6 Å². The second-order valence-corrected chi connectivity index (χ2v) is 6.55. The van der Waals surface area contributed by atoms with Gasteiger partial charge in [-0.05, 0) is 49.3 Å². The van der Waals surface area contributed by atoms with Gasteiger partial charge < -0.3 is 14.7 Å². The highest BCUT2D eigenvalue weighted by atomic mass is 16.5. The van der Waals surface area contributed by atoms with Crippen molar-refractivity contribution >= 4 is 16.6 Å². The highest BCUT2D eigenvalue weighted by Gasteiger charge is 2.30. The summed E-state index contributed by atoms with van der Waals surface area (Å²) in [5.41, 5.74) is 2.98. The molecular weight excluding hydrogens is 314 g/mol. The lowest BCUT2D eigenvalue weighted by Crippen LogP contribution is -2.19. The molecule has 25 heavy (non-hydrogen) atoms. The Morgan fingerprint density at radius 1 is 0.960 bits per heavy atom. The fourth-order valence-corrected chi connectivity index (χ4v) is 3.35. The van der Waals surface area contributed by atoms with Gasteiger partial charge in [-0.3, -0.25) is 4.79 Å². The molecule has 4 nitrogen and oxygen atoms in total. The third kappa shape index (κ3) is 2.55. The molecule has 1 aliphatic rings. The number of rotatable bonds is 4. The summed E-state index contributed by atoms with van der Waals surface area (Å²) in [6.07, 6.45) is 0. The Kier molecular flexibility index (Phi) is 3.70. The van der Waals surface area contributed by atoms with Gasteiger partial charge in [0.15, 0.2) is 5.78 Å². The zero-order chi connectivity index (χ0) is 17.6. The van der Waals surface area contributed by atoms with Crippen LogP contribution in [0.3, 0.4) is 0 Å². The van der Waals surface area contributed by atoms with E-state index in [1.807, 2.05) is 50.5 Å². The van der Waals surface area contributed by atoms with Gasteiger partial charge in [0.25, 0.3) is 0 Å². The lowest BCUT2D eigenvalue weighted by atomic mass is 9.97. The molecule has 0 heterocycles. The molecule has 3 aromatic rings. The molecule has 0 aromatic heterocycles. The summed E-state index contributed by atoms with van der Waals surface area (Å²) in [5, 5.41) is 11.7. The summed E-state index contributed by atoms with van der Waals surface area (Å²) < 4.78 is 5.98. The molecule has 0 atom stereocenters. The molecule has 126 valence electrons. The number of phenols is 1. The number of phenolic OH excluding ortho intramolecular Hbond substituents is 1. The van der Waals surface area contributed by atoms with Crippen LogP contribution in [0.4, 0.5) is 0 Å². The number of hydrogen-bond acceptors (Lipinski definition) is 4. The molecule has 0 unspecified atom stereocenters. The maximum absolute atomic E-state index is 12.8. The predicted octanol–water partition coefficient (Wildman–Crippen LogP) is 3.70. The Bertz CT molecular complexity index is 992. The maximum Gasteiger partial charge on any atom is 0.194 e. The Morgan fingerprint density at radius 2 is 1.72 bits per heavy atom. The lowest BCUT2D eigenvalue weighted by Gasteiger charge is -2.15. The number of carbonyl (C=O) groups excluding carboxylic acids is 1. The number of ether oxygens (including phenoxy) is 1. The SMILES string of the molecule is CN(C)CCOc1cc2c(c3ccccc13)-c1ccc(O)cc1C2=O. The number of nitrogens with zero attached hydrogens (tertiary/aromatic N) is 1. The second kappa shape index (κ2) is 5.90. The van der Waals surface area contributed by atoms with Crippen molar-refractivity contribution in [1.82, 2.24) is 4.90 Å². The van der Waals surface area contributed by atoms with Crippen LogP contribution >= 0.6 is 0 Å². The van der Waals surface area contributed by atoms with E-state index >= 15 is 0 Å². The Morgan fingerprint density at radius 3 is 2.48 bits per heavy atom. The van der Waals surface area contributed by atoms with Crippen molar-refractivity contribution in [3.63, 3.8) is 0 Å². The van der Waals surface area contributed by atoms with Gasteiger partial charge in [0.1, 0.15) is 18.1 Å². The van der Waals surface area contributed by atoms with Crippen LogP contribution in [0, 0.1) is 0 Å². The molecule has 0 spiro atoms. The van der Waals surface area contributed by atoms with Crippen molar-refractivity contribution < 1.29 is 14.6 Å². The Hall–Kier alpha value is -2.85. The number of likely N-dealkylation sites (N-methyl/N-ethyl adjacent to an activating group) is 1. The van der Waals surface area contributed by atoms with Crippen LogP contribution in [0.5, 0.6) is 11.5 Å². The zero-order valence-electron chi connectivity index (χ0n) is 14.2. The largest absolute Gasteiger partial charge is 0.508 e. The molecule has 0 saturated heterocycles. The van der Waals surface area contributed by atoms with Gasteiger partial charge in [0.2, 0.25) is 0 Å². The van der Waals surface area contributed by atoms with E-state index in [1.54, 1.807) is 12.1 Å². The van der Waals surface area contributed by atoms with Crippen LogP contribution in [0.2, 0.25) is 0 Å². The van der Waals surface area contributed by atoms with Gasteiger partial charge in [0.05, 0.1) is 0 Å². The summed E-state index contributed by atoms with van der Waals surface area (Å²) in [6.45, 7) is 1.35. The summed E-state index contributed by atoms with van der Waals surface area (Å²) in [5.74, 6) is 0.761. The van der Waals surface area contributed by atoms with E-state index in [0.29, 0.717) is 17.7 Å². The summed E-state index contributed by atoms with van der Waals surface area (Å²) in [6, 6.07) is 14.8. The van der Waals surface area contributed by atoms with Crippen LogP contribution in [0.1, 0.15) is 15.9 Å². The second-order valence-electron chi connectivity index (χ2n) is 6.55. The molecule has 3 aromatic carbocycles. The van der Waals surface area contributed by atoms with Crippen molar-refractivity contribution in [2.24, 2.45) is 0 Å². The van der Waals surface area contributed by atoms with Crippen LogP contribution in [-0.2, 0) is 0 Å². The van der Waals surface area contributed by atoms with Gasteiger partial charge in [-0.25, -0.2) is 0 Å². The standard InChI is InChI=1S/C21H19NO3/c1-22(2)9-10-25-19-12-18-20(15-6-4-3-5-14(15)19)16-8-7-13(23)11-17(16)21(18)24/h3-8,11-12,23H,9-10H2,1-2H3. The third-order valence-corrected chi connectivity index (χ3v) is 4.56. The Balaban J connectivity index is 1.90. The summed E-state index contributed by atoms with van der Waals surface area (Å²) in [7, 11) is 3.99. The van der Waals surface area contributed by atoms with Gasteiger partial charge in [-0.15, -0.1) is 0 Å². The van der Waals surface area contributed by atoms with Gasteiger partial charge in [-0.2, -0.15) is 0 Å². The number of ketones is 1. The van der Waals surface area contributed by atoms with Crippen LogP contribution in [0.15, 0.2) is 48.5 Å². The number of carbonyl (C=O) groups is 1. The van der Waals surface area contributed by atoms with Crippen LogP contribution in [-0.4, -0.2) is 43.0 Å². The van der Waals surface area contributed by atoms with Crippen molar-refractivity contribution in [2.45, 2.75) is 0 Å². The van der Waals surface area contributed by atoms with Crippen LogP contribution < -0.4 is 4.74 Å². The zero-order valence-corrected chi connectivity index (χ0v) is 14.2. The first-order chi connectivity index (χ1) is 12.1. The first-order valence-electron chi connectivity index (χ1n) is 8.27. The minimum Gasteiger partial charge on any atom is -0.508 e. The van der Waals surface area contributed by atoms with E-state index in [2.05, 4.69) is 4.90 Å². The molecule has 4 heteroatoms. The van der Waals surface area contributed by atoms with Crippen molar-refractivity contribution in [2.75, 3.05) is 27.2 Å². The molecule has 0 fully saturated rings. The minimum absolute atomic E-state index is 0.0656. The van der Waals surface area contributed by atoms with Gasteiger partial charge >= 0.3 is 0 Å². The monoisotopic (exact) mass is 333 g/mol. The number of aromatic hydroxyl groups is 1. The normalized spacial score (nSPS) is 12.5. The Labute approximate surface area is 146 Å². The molecule has 1 N–H and O–H groups in total. The fraction of sp³-hybridized carbons (Fsp3) is 0.190. The van der Waals surface area contributed by atoms with Gasteiger partial charge in [0, 0.05) is 28.6 Å². The molecular formula is C21H19NO3. The highest BCUT2D eigenvalue weighted by molar-refractivity contribution is 6.26. The fourth-order valence-electron chi connectivity index (χ4n) is 3.35. The molecule has 0 aliphatic heterocycles. The maximum atomic E-state index is 12.8. The molecule has 4 rings (SSSR count). The van der Waals surface area contributed by atoms with Gasteiger partial charge in [-0.1, -0.05) is 24.3 Å². The molecule has 0 radical (unpaired) electrons. The van der Waals surface area contributed by atoms with E-state index < -0.39 is 0 Å². The van der Waals surface area contributed by atoms with Crippen LogP contribution in [0.25, 0.3) is 21.9 Å². The molecule has 0 amide bonds. The average molecular weight is 333 g/mol. The molecule has 0 bridgehead atoms. The summed E-state index contributed by atoms with van der Waals surface area (Å²) in [4.78, 5) is 14.9. The van der Waals surface area contributed by atoms with E-state index in [4.69, 9.17) is 4.74 Å². The molecule has 0 saturated carbocycles. The van der Waals surface area contributed by atoms with E-state index in [9.17, 15) is 9.90 Å². The quantitative estimate of drug-likeness (QED) is 0.619. The van der Waals surface area contributed by atoms with Crippen molar-refractivity contribution in [1.29, 1.82) is 0 Å². The third-order valence-electron chi connectivity index (χ3n) is 4.56. The first-order valence-corrected chi connectivity index (χ1v) is 8.27. The average Bonchev–Trinajstić information content (AvgIpc) is 2.87. The topological polar surface area (TPSA) is 49.8 Å². The molecule has 1 aliphatic carbocycles. The number of hydrogen-bond donors (Lipinski definition) is 1.